The first kappa shape index (κ1) is 13.2. The second-order valence-corrected chi connectivity index (χ2v) is 7.39. The Labute approximate surface area is 125 Å². The number of hydrogen-bond donors (Lipinski definition) is 2. The van der Waals surface area contributed by atoms with Crippen LogP contribution in [0.3, 0.4) is 0 Å². The van der Waals surface area contributed by atoms with Crippen molar-refractivity contribution in [2.45, 2.75) is 31.9 Å². The number of thiophene rings is 1. The van der Waals surface area contributed by atoms with Crippen molar-refractivity contribution in [3.8, 4) is 0 Å². The van der Waals surface area contributed by atoms with Gasteiger partial charge < -0.3 is 10.4 Å². The summed E-state index contributed by atoms with van der Waals surface area (Å²) in [5, 5.41) is 12.8. The van der Waals surface area contributed by atoms with E-state index in [1.807, 2.05) is 29.5 Å². The lowest BCUT2D eigenvalue weighted by Gasteiger charge is -2.24. The highest BCUT2D eigenvalue weighted by Crippen LogP contribution is 2.39. The number of nitrogens with one attached hydrogen (secondary N) is 1. The Morgan fingerprint density at radius 2 is 2.26 bits per heavy atom. The van der Waals surface area contributed by atoms with Crippen LogP contribution < -0.4 is 5.32 Å². The van der Waals surface area contributed by atoms with Crippen molar-refractivity contribution in [1.29, 1.82) is 0 Å². The van der Waals surface area contributed by atoms with Crippen LogP contribution in [0.2, 0.25) is 0 Å². The molecule has 0 saturated carbocycles. The van der Waals surface area contributed by atoms with Crippen molar-refractivity contribution in [2.75, 3.05) is 5.32 Å². The summed E-state index contributed by atoms with van der Waals surface area (Å²) in [4.78, 5) is 1.49. The van der Waals surface area contributed by atoms with Crippen molar-refractivity contribution in [3.05, 3.63) is 50.1 Å². The molecule has 1 unspecified atom stereocenters. The molecule has 1 aliphatic carbocycles. The molecule has 2 aromatic rings. The van der Waals surface area contributed by atoms with Crippen LogP contribution in [-0.2, 0) is 13.0 Å². The molecule has 0 spiro atoms. The van der Waals surface area contributed by atoms with E-state index in [2.05, 4.69) is 33.4 Å². The van der Waals surface area contributed by atoms with Gasteiger partial charge in [0.1, 0.15) is 0 Å². The molecule has 1 aromatic carbocycles. The summed E-state index contributed by atoms with van der Waals surface area (Å²) in [7, 11) is 0. The molecule has 4 heteroatoms. The molecule has 100 valence electrons. The molecule has 0 fully saturated rings. The van der Waals surface area contributed by atoms with Gasteiger partial charge in [-0.25, -0.2) is 0 Å². The van der Waals surface area contributed by atoms with Crippen LogP contribution in [0.25, 0.3) is 0 Å². The maximum absolute atomic E-state index is 9.20. The van der Waals surface area contributed by atoms with E-state index in [1.165, 1.54) is 33.5 Å². The van der Waals surface area contributed by atoms with Crippen molar-refractivity contribution in [3.63, 3.8) is 0 Å². The van der Waals surface area contributed by atoms with Gasteiger partial charge in [0.15, 0.2) is 0 Å². The van der Waals surface area contributed by atoms with E-state index in [0.29, 0.717) is 6.04 Å². The summed E-state index contributed by atoms with van der Waals surface area (Å²) in [5.74, 6) is 0. The second-order valence-electron chi connectivity index (χ2n) is 4.88. The minimum absolute atomic E-state index is 0.0927. The van der Waals surface area contributed by atoms with Gasteiger partial charge in [-0.3, -0.25) is 0 Å². The number of aryl methyl sites for hydroxylation is 1. The Morgan fingerprint density at radius 3 is 3.11 bits per heavy atom. The first-order chi connectivity index (χ1) is 9.26. The number of benzene rings is 1. The Bertz CT molecular complexity index is 581. The van der Waals surface area contributed by atoms with Gasteiger partial charge in [-0.1, -0.05) is 12.1 Å². The van der Waals surface area contributed by atoms with Crippen LogP contribution in [-0.4, -0.2) is 5.11 Å². The number of hydrogen-bond acceptors (Lipinski definition) is 3. The van der Waals surface area contributed by atoms with E-state index in [0.717, 1.165) is 11.3 Å². The number of fused-ring (bicyclic) bond motifs is 1. The fraction of sp³-hybridized carbons (Fsp3) is 0.333. The van der Waals surface area contributed by atoms with E-state index >= 15 is 0 Å². The summed E-state index contributed by atoms with van der Waals surface area (Å²) >= 11 is 5.43. The van der Waals surface area contributed by atoms with Gasteiger partial charge in [0, 0.05) is 10.6 Å². The number of aliphatic hydroxyl groups is 1. The lowest BCUT2D eigenvalue weighted by Crippen LogP contribution is -2.15. The molecule has 19 heavy (non-hydrogen) atoms. The van der Waals surface area contributed by atoms with Crippen molar-refractivity contribution in [1.82, 2.24) is 0 Å². The molecule has 0 radical (unpaired) electrons. The minimum Gasteiger partial charge on any atom is -0.392 e. The third-order valence-corrected chi connectivity index (χ3v) is 5.25. The van der Waals surface area contributed by atoms with E-state index in [1.54, 1.807) is 0 Å². The number of anilines is 1. The van der Waals surface area contributed by atoms with Crippen LogP contribution >= 0.6 is 27.3 Å². The SMILES string of the molecule is OCc1cccc(NC2CCCc3sc(Br)cc32)c1. The minimum atomic E-state index is 0.0927. The van der Waals surface area contributed by atoms with Crippen LogP contribution in [0.15, 0.2) is 34.1 Å². The normalized spacial score (nSPS) is 18.1. The van der Waals surface area contributed by atoms with Gasteiger partial charge in [0.2, 0.25) is 0 Å². The van der Waals surface area contributed by atoms with Crippen molar-refractivity contribution < 1.29 is 5.11 Å². The molecule has 2 nitrogen and oxygen atoms in total. The van der Waals surface area contributed by atoms with E-state index in [9.17, 15) is 5.11 Å². The highest BCUT2D eigenvalue weighted by Gasteiger charge is 2.22. The smallest absolute Gasteiger partial charge is 0.0705 e. The van der Waals surface area contributed by atoms with Gasteiger partial charge >= 0.3 is 0 Å². The molecule has 1 aliphatic rings. The lowest BCUT2D eigenvalue weighted by atomic mass is 9.94. The molecule has 1 atom stereocenters. The summed E-state index contributed by atoms with van der Waals surface area (Å²) in [6, 6.07) is 10.7. The van der Waals surface area contributed by atoms with Gasteiger partial charge in [0.05, 0.1) is 16.4 Å². The number of rotatable bonds is 3. The van der Waals surface area contributed by atoms with E-state index in [-0.39, 0.29) is 6.61 Å². The maximum Gasteiger partial charge on any atom is 0.0705 e. The molecule has 2 N–H and O–H groups in total. The summed E-state index contributed by atoms with van der Waals surface area (Å²) in [6.07, 6.45) is 3.59. The monoisotopic (exact) mass is 337 g/mol. The van der Waals surface area contributed by atoms with Crippen LogP contribution in [0.5, 0.6) is 0 Å². The average Bonchev–Trinajstić information content (AvgIpc) is 2.80. The molecule has 0 bridgehead atoms. The van der Waals surface area contributed by atoms with Gasteiger partial charge in [-0.15, -0.1) is 11.3 Å². The Balaban J connectivity index is 1.83. The van der Waals surface area contributed by atoms with E-state index in [4.69, 9.17) is 0 Å². The standard InChI is InChI=1S/C15H16BrNOS/c16-15-8-12-13(5-2-6-14(12)19-15)17-11-4-1-3-10(7-11)9-18/h1,3-4,7-8,13,17-18H,2,5-6,9H2. The van der Waals surface area contributed by atoms with Crippen LogP contribution in [0.1, 0.15) is 34.9 Å². The summed E-state index contributed by atoms with van der Waals surface area (Å²) in [5.41, 5.74) is 3.47. The fourth-order valence-corrected chi connectivity index (χ4v) is 4.45. The Hall–Kier alpha value is -0.840. The average molecular weight is 338 g/mol. The van der Waals surface area contributed by atoms with Crippen molar-refractivity contribution >= 4 is 33.0 Å². The van der Waals surface area contributed by atoms with E-state index < -0.39 is 0 Å². The molecule has 0 aliphatic heterocycles. The molecule has 0 amide bonds. The lowest BCUT2D eigenvalue weighted by molar-refractivity contribution is 0.282. The van der Waals surface area contributed by atoms with Crippen molar-refractivity contribution in [2.24, 2.45) is 0 Å². The van der Waals surface area contributed by atoms with Gasteiger partial charge in [-0.05, 0) is 64.5 Å². The number of halogens is 1. The molecule has 0 saturated heterocycles. The number of aliphatic hydroxyl groups excluding tert-OH is 1. The zero-order valence-corrected chi connectivity index (χ0v) is 12.9. The summed E-state index contributed by atoms with van der Waals surface area (Å²) in [6.45, 7) is 0.0927. The first-order valence-corrected chi connectivity index (χ1v) is 8.11. The quantitative estimate of drug-likeness (QED) is 0.864. The molecular weight excluding hydrogens is 322 g/mol. The van der Waals surface area contributed by atoms with Gasteiger partial charge in [0.25, 0.3) is 0 Å². The second kappa shape index (κ2) is 5.65. The molecular formula is C15H16BrNOS. The highest BCUT2D eigenvalue weighted by atomic mass is 79.9. The Kier molecular flexibility index (Phi) is 3.91. The fourth-order valence-electron chi connectivity index (χ4n) is 2.63. The zero-order valence-electron chi connectivity index (χ0n) is 10.5. The molecule has 1 heterocycles. The topological polar surface area (TPSA) is 32.3 Å². The predicted octanol–water partition coefficient (Wildman–Crippen LogP) is 4.49. The molecule has 3 rings (SSSR count). The zero-order chi connectivity index (χ0) is 13.2. The van der Waals surface area contributed by atoms with Crippen LogP contribution in [0, 0.1) is 0 Å². The highest BCUT2D eigenvalue weighted by molar-refractivity contribution is 9.11. The largest absolute Gasteiger partial charge is 0.392 e. The third kappa shape index (κ3) is 2.86. The predicted molar refractivity (Wildman–Crippen MR) is 83.7 cm³/mol. The third-order valence-electron chi connectivity index (χ3n) is 3.53. The Morgan fingerprint density at radius 1 is 1.37 bits per heavy atom. The first-order valence-electron chi connectivity index (χ1n) is 6.50. The van der Waals surface area contributed by atoms with Crippen LogP contribution in [0.4, 0.5) is 5.69 Å². The van der Waals surface area contributed by atoms with Gasteiger partial charge in [-0.2, -0.15) is 0 Å². The summed E-state index contributed by atoms with van der Waals surface area (Å²) < 4.78 is 1.22. The molecule has 1 aromatic heterocycles. The maximum atomic E-state index is 9.20.